The number of benzene rings is 7. The van der Waals surface area contributed by atoms with Crippen LogP contribution in [-0.2, 0) is 0 Å². The molecule has 0 unspecified atom stereocenters. The summed E-state index contributed by atoms with van der Waals surface area (Å²) in [5.41, 5.74) is 8.04. The van der Waals surface area contributed by atoms with E-state index in [2.05, 4.69) is 102 Å². The zero-order valence-electron chi connectivity index (χ0n) is 25.2. The first kappa shape index (κ1) is 26.0. The van der Waals surface area contributed by atoms with E-state index in [1.165, 1.54) is 16.2 Å². The third kappa shape index (κ3) is 3.46. The molecule has 0 bridgehead atoms. The highest BCUT2D eigenvalue weighted by atomic mass is 35.5. The van der Waals surface area contributed by atoms with Gasteiger partial charge in [0.25, 0.3) is 0 Å². The smallest absolute Gasteiger partial charge is 0.247 e. The number of aromatic nitrogens is 3. The summed E-state index contributed by atoms with van der Waals surface area (Å²) in [5, 5.41) is 10.4. The van der Waals surface area contributed by atoms with E-state index in [4.69, 9.17) is 30.4 Å². The standard InChI is InChI=1S/C42H22ClN3O2/c43-41-37(45-42-38(44-41)30-17-6-8-19-33(30)48-42)25-12-9-13-26(20-25)46-32-18-7-5-16-29(32)35-27-14-3-4-15-28(27)36-31-21-23-10-1-2-11-24(23)22-34(31)47-40(36)39(35)46/h1-22H. The number of halogens is 1. The molecule has 11 rings (SSSR count). The van der Waals surface area contributed by atoms with Crippen molar-refractivity contribution < 1.29 is 8.83 Å². The lowest BCUT2D eigenvalue weighted by atomic mass is 9.98. The molecule has 4 heterocycles. The lowest BCUT2D eigenvalue weighted by Crippen LogP contribution is -1.96. The highest BCUT2D eigenvalue weighted by Crippen LogP contribution is 2.46. The number of fused-ring (bicyclic) bond motifs is 14. The van der Waals surface area contributed by atoms with Crippen LogP contribution in [0.1, 0.15) is 0 Å². The predicted octanol–water partition coefficient (Wildman–Crippen LogP) is 12.0. The van der Waals surface area contributed by atoms with Crippen LogP contribution in [0.4, 0.5) is 0 Å². The summed E-state index contributed by atoms with van der Waals surface area (Å²) in [4.78, 5) is 9.63. The molecule has 0 aliphatic rings. The molecule has 0 N–H and O–H groups in total. The monoisotopic (exact) mass is 635 g/mol. The Morgan fingerprint density at radius 2 is 1.25 bits per heavy atom. The molecule has 0 aliphatic heterocycles. The van der Waals surface area contributed by atoms with Crippen LogP contribution in [0.5, 0.6) is 0 Å². The van der Waals surface area contributed by atoms with E-state index in [1.54, 1.807) is 0 Å². The number of hydrogen-bond donors (Lipinski definition) is 0. The first-order valence-electron chi connectivity index (χ1n) is 15.9. The molecule has 0 saturated heterocycles. The van der Waals surface area contributed by atoms with E-state index in [0.717, 1.165) is 71.4 Å². The van der Waals surface area contributed by atoms with Crippen LogP contribution in [0.3, 0.4) is 0 Å². The lowest BCUT2D eigenvalue weighted by molar-refractivity contribution is 0.653. The fourth-order valence-electron chi connectivity index (χ4n) is 7.61. The zero-order chi connectivity index (χ0) is 31.5. The normalized spacial score (nSPS) is 12.3. The minimum absolute atomic E-state index is 0.325. The van der Waals surface area contributed by atoms with Crippen molar-refractivity contribution in [1.29, 1.82) is 0 Å². The third-order valence-corrected chi connectivity index (χ3v) is 9.92. The van der Waals surface area contributed by atoms with Crippen LogP contribution >= 0.6 is 11.6 Å². The Labute approximate surface area is 277 Å². The van der Waals surface area contributed by atoms with E-state index >= 15 is 0 Å². The second-order valence-electron chi connectivity index (χ2n) is 12.3. The van der Waals surface area contributed by atoms with E-state index in [-0.39, 0.29) is 0 Å². The predicted molar refractivity (Wildman–Crippen MR) is 196 cm³/mol. The van der Waals surface area contributed by atoms with Crippen LogP contribution in [0.25, 0.3) is 104 Å². The first-order chi connectivity index (χ1) is 23.7. The molecule has 0 fully saturated rings. The van der Waals surface area contributed by atoms with Crippen molar-refractivity contribution in [3.05, 3.63) is 139 Å². The average Bonchev–Trinajstić information content (AvgIpc) is 3.80. The molecule has 0 spiro atoms. The van der Waals surface area contributed by atoms with Gasteiger partial charge >= 0.3 is 0 Å². The summed E-state index contributed by atoms with van der Waals surface area (Å²) in [5.74, 6) is 0. The Morgan fingerprint density at radius 3 is 2.10 bits per heavy atom. The lowest BCUT2D eigenvalue weighted by Gasteiger charge is -2.11. The zero-order valence-corrected chi connectivity index (χ0v) is 26.0. The van der Waals surface area contributed by atoms with Gasteiger partial charge in [-0.25, -0.2) is 9.97 Å². The van der Waals surface area contributed by atoms with E-state index in [0.29, 0.717) is 22.1 Å². The van der Waals surface area contributed by atoms with Crippen LogP contribution in [-0.4, -0.2) is 14.5 Å². The number of furan rings is 2. The molecule has 11 aromatic rings. The molecule has 6 heteroatoms. The molecule has 7 aromatic carbocycles. The second kappa shape index (κ2) is 9.44. The van der Waals surface area contributed by atoms with Crippen molar-refractivity contribution in [1.82, 2.24) is 14.5 Å². The van der Waals surface area contributed by atoms with Gasteiger partial charge in [-0.2, -0.15) is 0 Å². The molecule has 0 saturated carbocycles. The fraction of sp³-hybridized carbons (Fsp3) is 0. The van der Waals surface area contributed by atoms with Crippen LogP contribution in [0, 0.1) is 0 Å². The van der Waals surface area contributed by atoms with E-state index in [9.17, 15) is 0 Å². The van der Waals surface area contributed by atoms with Crippen LogP contribution in [0.2, 0.25) is 5.15 Å². The van der Waals surface area contributed by atoms with Crippen molar-refractivity contribution in [2.24, 2.45) is 0 Å². The van der Waals surface area contributed by atoms with E-state index in [1.807, 2.05) is 36.4 Å². The highest BCUT2D eigenvalue weighted by molar-refractivity contribution is 6.35. The summed E-state index contributed by atoms with van der Waals surface area (Å²) in [7, 11) is 0. The van der Waals surface area contributed by atoms with Crippen molar-refractivity contribution >= 4 is 99.1 Å². The molecule has 4 aromatic heterocycles. The number of para-hydroxylation sites is 2. The Hall–Kier alpha value is -6.17. The van der Waals surface area contributed by atoms with Gasteiger partial charge in [-0.05, 0) is 64.0 Å². The number of hydrogen-bond acceptors (Lipinski definition) is 4. The maximum absolute atomic E-state index is 6.91. The van der Waals surface area contributed by atoms with Crippen molar-refractivity contribution in [3.8, 4) is 16.9 Å². The Bertz CT molecular complexity index is 3150. The Morgan fingerprint density at radius 1 is 0.542 bits per heavy atom. The fourth-order valence-corrected chi connectivity index (χ4v) is 7.84. The second-order valence-corrected chi connectivity index (χ2v) is 12.6. The van der Waals surface area contributed by atoms with Gasteiger partial charge in [-0.3, -0.25) is 0 Å². The largest absolute Gasteiger partial charge is 0.454 e. The Kier molecular flexibility index (Phi) is 5.11. The van der Waals surface area contributed by atoms with Crippen LogP contribution < -0.4 is 0 Å². The van der Waals surface area contributed by atoms with Crippen molar-refractivity contribution in [2.75, 3.05) is 0 Å². The first-order valence-corrected chi connectivity index (χ1v) is 16.2. The average molecular weight is 636 g/mol. The quantitative estimate of drug-likeness (QED) is 0.190. The third-order valence-electron chi connectivity index (χ3n) is 9.66. The summed E-state index contributed by atoms with van der Waals surface area (Å²) in [6, 6.07) is 46.2. The summed E-state index contributed by atoms with van der Waals surface area (Å²) in [6.07, 6.45) is 0. The van der Waals surface area contributed by atoms with Gasteiger partial charge in [0.1, 0.15) is 22.4 Å². The maximum atomic E-state index is 6.91. The molecular formula is C42H22ClN3O2. The molecule has 48 heavy (non-hydrogen) atoms. The van der Waals surface area contributed by atoms with Gasteiger partial charge < -0.3 is 13.4 Å². The summed E-state index contributed by atoms with van der Waals surface area (Å²) >= 11 is 6.86. The minimum atomic E-state index is 0.325. The summed E-state index contributed by atoms with van der Waals surface area (Å²) < 4.78 is 15.3. The minimum Gasteiger partial charge on any atom is -0.454 e. The van der Waals surface area contributed by atoms with Gasteiger partial charge in [0.2, 0.25) is 5.71 Å². The number of rotatable bonds is 2. The van der Waals surface area contributed by atoms with Crippen molar-refractivity contribution in [2.45, 2.75) is 0 Å². The summed E-state index contributed by atoms with van der Waals surface area (Å²) in [6.45, 7) is 0. The molecule has 0 amide bonds. The van der Waals surface area contributed by atoms with Gasteiger partial charge in [-0.1, -0.05) is 103 Å². The topological polar surface area (TPSA) is 57.0 Å². The molecule has 0 radical (unpaired) electrons. The number of nitrogens with zero attached hydrogens (tertiary/aromatic N) is 3. The van der Waals surface area contributed by atoms with Gasteiger partial charge in [-0.15, -0.1) is 0 Å². The van der Waals surface area contributed by atoms with Crippen LogP contribution in [0.15, 0.2) is 142 Å². The Balaban J connectivity index is 1.25. The maximum Gasteiger partial charge on any atom is 0.247 e. The molecular weight excluding hydrogens is 614 g/mol. The van der Waals surface area contributed by atoms with Crippen molar-refractivity contribution in [3.63, 3.8) is 0 Å². The van der Waals surface area contributed by atoms with E-state index < -0.39 is 0 Å². The molecule has 224 valence electrons. The van der Waals surface area contributed by atoms with Gasteiger partial charge in [0.15, 0.2) is 10.7 Å². The molecule has 5 nitrogen and oxygen atoms in total. The SMILES string of the molecule is Clc1nc2c(nc1-c1cccc(-n3c4ccccc4c4c5ccccc5c5c6cc7ccccc7cc6oc5c43)c1)oc1ccccc12. The molecule has 0 aliphatic carbocycles. The van der Waals surface area contributed by atoms with Gasteiger partial charge in [0, 0.05) is 38.2 Å². The highest BCUT2D eigenvalue weighted by Gasteiger charge is 2.24. The molecule has 0 atom stereocenters. The van der Waals surface area contributed by atoms with Gasteiger partial charge in [0.05, 0.1) is 11.0 Å².